The summed E-state index contributed by atoms with van der Waals surface area (Å²) in [6, 6.07) is 5.84. The van der Waals surface area contributed by atoms with Crippen LogP contribution in [0.1, 0.15) is 12.5 Å². The first-order valence-corrected chi connectivity index (χ1v) is 6.51. The van der Waals surface area contributed by atoms with Gasteiger partial charge in [-0.25, -0.2) is 0 Å². The maximum Gasteiger partial charge on any atom is 0.319 e. The van der Waals surface area contributed by atoms with Crippen molar-refractivity contribution in [3.05, 3.63) is 28.2 Å². The van der Waals surface area contributed by atoms with Crippen molar-refractivity contribution in [1.29, 1.82) is 0 Å². The van der Waals surface area contributed by atoms with E-state index in [1.165, 1.54) is 7.11 Å². The summed E-state index contributed by atoms with van der Waals surface area (Å²) in [7, 11) is 3.04. The van der Waals surface area contributed by atoms with Crippen molar-refractivity contribution in [2.24, 2.45) is 0 Å². The molecule has 0 amide bonds. The van der Waals surface area contributed by atoms with Gasteiger partial charge in [-0.2, -0.15) is 0 Å². The molecular weight excluding hydrogens is 298 g/mol. The second kappa shape index (κ2) is 7.38. The number of likely N-dealkylation sites (N-methyl/N-ethyl adjacent to an activating group) is 1. The van der Waals surface area contributed by atoms with E-state index in [9.17, 15) is 4.79 Å². The maximum atomic E-state index is 11.3. The highest BCUT2D eigenvalue weighted by Crippen LogP contribution is 2.24. The second-order valence-electron chi connectivity index (χ2n) is 3.84. The van der Waals surface area contributed by atoms with E-state index in [2.05, 4.69) is 20.7 Å². The van der Waals surface area contributed by atoms with Gasteiger partial charge in [0.1, 0.15) is 5.75 Å². The minimum absolute atomic E-state index is 0.231. The van der Waals surface area contributed by atoms with Gasteiger partial charge in [-0.3, -0.25) is 9.69 Å². The van der Waals surface area contributed by atoms with Gasteiger partial charge in [-0.1, -0.05) is 22.9 Å². The van der Waals surface area contributed by atoms with Crippen LogP contribution >= 0.6 is 15.9 Å². The number of esters is 1. The molecule has 0 saturated heterocycles. The predicted octanol–water partition coefficient (Wildman–Crippen LogP) is 2.45. The lowest BCUT2D eigenvalue weighted by atomic mass is 10.2. The van der Waals surface area contributed by atoms with Crippen LogP contribution in [0, 0.1) is 0 Å². The number of hydrogen-bond acceptors (Lipinski definition) is 4. The Labute approximate surface area is 116 Å². The van der Waals surface area contributed by atoms with E-state index < -0.39 is 0 Å². The SMILES string of the molecule is CCN(CC(=O)OC)Cc1cc(Br)ccc1OC. The van der Waals surface area contributed by atoms with Crippen LogP contribution in [0.4, 0.5) is 0 Å². The normalized spacial score (nSPS) is 10.5. The molecule has 0 fully saturated rings. The Balaban J connectivity index is 2.80. The number of carbonyl (C=O) groups is 1. The quantitative estimate of drug-likeness (QED) is 0.756. The average molecular weight is 316 g/mol. The largest absolute Gasteiger partial charge is 0.496 e. The van der Waals surface area contributed by atoms with E-state index in [1.54, 1.807) is 7.11 Å². The zero-order chi connectivity index (χ0) is 13.5. The van der Waals surface area contributed by atoms with Crippen LogP contribution in [0.15, 0.2) is 22.7 Å². The Morgan fingerprint density at radius 3 is 2.67 bits per heavy atom. The Kier molecular flexibility index (Phi) is 6.15. The summed E-state index contributed by atoms with van der Waals surface area (Å²) in [6.07, 6.45) is 0. The van der Waals surface area contributed by atoms with Crippen LogP contribution < -0.4 is 4.74 Å². The van der Waals surface area contributed by atoms with Crippen LogP contribution in [0.2, 0.25) is 0 Å². The van der Waals surface area contributed by atoms with E-state index in [-0.39, 0.29) is 12.5 Å². The van der Waals surface area contributed by atoms with Crippen LogP contribution in [0.25, 0.3) is 0 Å². The van der Waals surface area contributed by atoms with Gasteiger partial charge in [-0.05, 0) is 24.7 Å². The van der Waals surface area contributed by atoms with Crippen LogP contribution in [-0.4, -0.2) is 38.2 Å². The van der Waals surface area contributed by atoms with Crippen molar-refractivity contribution in [3.63, 3.8) is 0 Å². The molecule has 0 aliphatic heterocycles. The zero-order valence-corrected chi connectivity index (χ0v) is 12.5. The maximum absolute atomic E-state index is 11.3. The fourth-order valence-electron chi connectivity index (χ4n) is 1.64. The first-order chi connectivity index (χ1) is 8.60. The topological polar surface area (TPSA) is 38.8 Å². The highest BCUT2D eigenvalue weighted by atomic mass is 79.9. The average Bonchev–Trinajstić information content (AvgIpc) is 2.38. The van der Waals surface area contributed by atoms with Gasteiger partial charge in [-0.15, -0.1) is 0 Å². The molecule has 18 heavy (non-hydrogen) atoms. The second-order valence-corrected chi connectivity index (χ2v) is 4.75. The minimum atomic E-state index is -0.231. The van der Waals surface area contributed by atoms with Crippen molar-refractivity contribution in [2.75, 3.05) is 27.3 Å². The van der Waals surface area contributed by atoms with Crippen molar-refractivity contribution >= 4 is 21.9 Å². The monoisotopic (exact) mass is 315 g/mol. The molecule has 0 aliphatic rings. The molecule has 5 heteroatoms. The first-order valence-electron chi connectivity index (χ1n) is 5.72. The number of carbonyl (C=O) groups excluding carboxylic acids is 1. The van der Waals surface area contributed by atoms with Crippen molar-refractivity contribution in [1.82, 2.24) is 4.90 Å². The Morgan fingerprint density at radius 1 is 1.39 bits per heavy atom. The molecule has 1 rings (SSSR count). The molecule has 0 radical (unpaired) electrons. The van der Waals surface area contributed by atoms with Gasteiger partial charge in [0.15, 0.2) is 0 Å². The molecule has 0 unspecified atom stereocenters. The smallest absolute Gasteiger partial charge is 0.319 e. The van der Waals surface area contributed by atoms with Gasteiger partial charge in [0.2, 0.25) is 0 Å². The molecule has 0 atom stereocenters. The summed E-state index contributed by atoms with van der Waals surface area (Å²) < 4.78 is 11.0. The lowest BCUT2D eigenvalue weighted by molar-refractivity contribution is -0.142. The fourth-order valence-corrected chi connectivity index (χ4v) is 2.05. The third-order valence-corrected chi connectivity index (χ3v) is 3.16. The Morgan fingerprint density at radius 2 is 2.11 bits per heavy atom. The van der Waals surface area contributed by atoms with Gasteiger partial charge < -0.3 is 9.47 Å². The third-order valence-electron chi connectivity index (χ3n) is 2.66. The third kappa shape index (κ3) is 4.31. The lowest BCUT2D eigenvalue weighted by Crippen LogP contribution is -2.30. The Hall–Kier alpha value is -1.07. The highest BCUT2D eigenvalue weighted by molar-refractivity contribution is 9.10. The first kappa shape index (κ1) is 15.0. The summed E-state index contributed by atoms with van der Waals surface area (Å²) >= 11 is 3.44. The lowest BCUT2D eigenvalue weighted by Gasteiger charge is -2.20. The highest BCUT2D eigenvalue weighted by Gasteiger charge is 2.12. The number of ether oxygens (including phenoxy) is 2. The number of benzene rings is 1. The molecule has 0 aromatic heterocycles. The zero-order valence-electron chi connectivity index (χ0n) is 10.9. The van der Waals surface area contributed by atoms with Crippen LogP contribution in [0.5, 0.6) is 5.75 Å². The molecule has 1 aromatic carbocycles. The van der Waals surface area contributed by atoms with E-state index >= 15 is 0 Å². The molecule has 4 nitrogen and oxygen atoms in total. The van der Waals surface area contributed by atoms with Crippen LogP contribution in [0.3, 0.4) is 0 Å². The molecule has 0 spiro atoms. The molecule has 0 saturated carbocycles. The van der Waals surface area contributed by atoms with E-state index in [4.69, 9.17) is 4.74 Å². The predicted molar refractivity (Wildman–Crippen MR) is 73.7 cm³/mol. The van der Waals surface area contributed by atoms with Crippen molar-refractivity contribution in [3.8, 4) is 5.75 Å². The Bertz CT molecular complexity index is 409. The summed E-state index contributed by atoms with van der Waals surface area (Å²) in [4.78, 5) is 13.3. The number of nitrogens with zero attached hydrogens (tertiary/aromatic N) is 1. The van der Waals surface area contributed by atoms with E-state index in [0.717, 1.165) is 22.3 Å². The molecule has 0 bridgehead atoms. The van der Waals surface area contributed by atoms with Crippen molar-refractivity contribution < 1.29 is 14.3 Å². The fraction of sp³-hybridized carbons (Fsp3) is 0.462. The summed E-state index contributed by atoms with van der Waals surface area (Å²) in [6.45, 7) is 3.70. The number of halogens is 1. The minimum Gasteiger partial charge on any atom is -0.496 e. The molecular formula is C13H18BrNO3. The van der Waals surface area contributed by atoms with Crippen LogP contribution in [-0.2, 0) is 16.1 Å². The van der Waals surface area contributed by atoms with Gasteiger partial charge in [0, 0.05) is 16.6 Å². The molecule has 1 aromatic rings. The van der Waals surface area contributed by atoms with Gasteiger partial charge in [0.05, 0.1) is 20.8 Å². The van der Waals surface area contributed by atoms with Crippen molar-refractivity contribution in [2.45, 2.75) is 13.5 Å². The number of methoxy groups -OCH3 is 2. The molecule has 100 valence electrons. The standard InChI is InChI=1S/C13H18BrNO3/c1-4-15(9-13(16)18-3)8-10-7-11(14)5-6-12(10)17-2/h5-7H,4,8-9H2,1-3H3. The van der Waals surface area contributed by atoms with E-state index in [0.29, 0.717) is 6.54 Å². The number of rotatable bonds is 6. The molecule has 0 N–H and O–H groups in total. The molecule has 0 aliphatic carbocycles. The summed E-state index contributed by atoms with van der Waals surface area (Å²) in [5.74, 6) is 0.590. The van der Waals surface area contributed by atoms with Gasteiger partial charge in [0.25, 0.3) is 0 Å². The molecule has 0 heterocycles. The summed E-state index contributed by atoms with van der Waals surface area (Å²) in [5.41, 5.74) is 1.04. The van der Waals surface area contributed by atoms with Gasteiger partial charge >= 0.3 is 5.97 Å². The summed E-state index contributed by atoms with van der Waals surface area (Å²) in [5, 5.41) is 0. The number of hydrogen-bond donors (Lipinski definition) is 0. The van der Waals surface area contributed by atoms with E-state index in [1.807, 2.05) is 30.0 Å².